The molecule has 1 heterocycles. The van der Waals surface area contributed by atoms with Crippen molar-refractivity contribution < 1.29 is 8.78 Å². The molecule has 1 aliphatic carbocycles. The molecule has 1 saturated carbocycles. The standard InChI is InChI=1S/C10H17F2N.C2H6/c1-8-2-4-9(5-3-8)13-6-10(11,12)7-13;1-2/h8-9H,2-7H2,1H3;1-2H3. The Morgan fingerprint density at radius 2 is 1.47 bits per heavy atom. The van der Waals surface area contributed by atoms with Crippen LogP contribution in [-0.2, 0) is 0 Å². The molecule has 90 valence electrons. The molecule has 0 aromatic carbocycles. The summed E-state index contributed by atoms with van der Waals surface area (Å²) in [5.41, 5.74) is 0. The summed E-state index contributed by atoms with van der Waals surface area (Å²) in [5.74, 6) is -1.58. The van der Waals surface area contributed by atoms with Crippen LogP contribution >= 0.6 is 0 Å². The van der Waals surface area contributed by atoms with E-state index in [0.717, 1.165) is 18.8 Å². The van der Waals surface area contributed by atoms with Crippen molar-refractivity contribution in [1.82, 2.24) is 4.90 Å². The Balaban J connectivity index is 0.000000531. The van der Waals surface area contributed by atoms with Gasteiger partial charge in [-0.25, -0.2) is 8.78 Å². The van der Waals surface area contributed by atoms with E-state index in [-0.39, 0.29) is 13.1 Å². The van der Waals surface area contributed by atoms with E-state index in [1.165, 1.54) is 12.8 Å². The lowest BCUT2D eigenvalue weighted by Crippen LogP contribution is -2.60. The zero-order valence-electron chi connectivity index (χ0n) is 10.1. The Hall–Kier alpha value is -0.180. The first-order valence-electron chi connectivity index (χ1n) is 6.19. The van der Waals surface area contributed by atoms with Gasteiger partial charge in [0, 0.05) is 6.04 Å². The molecular formula is C12H23F2N. The fraction of sp³-hybridized carbons (Fsp3) is 1.00. The van der Waals surface area contributed by atoms with Gasteiger partial charge in [0.15, 0.2) is 0 Å². The van der Waals surface area contributed by atoms with Gasteiger partial charge in [0.05, 0.1) is 13.1 Å². The lowest BCUT2D eigenvalue weighted by molar-refractivity contribution is -0.150. The second kappa shape index (κ2) is 5.24. The van der Waals surface area contributed by atoms with Crippen LogP contribution in [0.1, 0.15) is 46.5 Å². The SMILES string of the molecule is CC.CC1CCC(N2CC(F)(F)C2)CC1. The lowest BCUT2D eigenvalue weighted by atomic mass is 9.85. The van der Waals surface area contributed by atoms with Gasteiger partial charge < -0.3 is 0 Å². The lowest BCUT2D eigenvalue weighted by Gasteiger charge is -2.45. The summed E-state index contributed by atoms with van der Waals surface area (Å²) in [7, 11) is 0. The van der Waals surface area contributed by atoms with Crippen LogP contribution in [0.3, 0.4) is 0 Å². The minimum Gasteiger partial charge on any atom is -0.288 e. The van der Waals surface area contributed by atoms with Crippen LogP contribution in [0.5, 0.6) is 0 Å². The summed E-state index contributed by atoms with van der Waals surface area (Å²) >= 11 is 0. The average molecular weight is 219 g/mol. The molecule has 0 N–H and O–H groups in total. The monoisotopic (exact) mass is 219 g/mol. The van der Waals surface area contributed by atoms with Gasteiger partial charge in [0.1, 0.15) is 0 Å². The van der Waals surface area contributed by atoms with Crippen LogP contribution in [0.2, 0.25) is 0 Å². The van der Waals surface area contributed by atoms with Crippen LogP contribution < -0.4 is 0 Å². The minimum absolute atomic E-state index is 0.00600. The maximum absolute atomic E-state index is 12.6. The quantitative estimate of drug-likeness (QED) is 0.652. The predicted molar refractivity (Wildman–Crippen MR) is 59.3 cm³/mol. The third-order valence-corrected chi connectivity index (χ3v) is 3.37. The molecule has 1 saturated heterocycles. The van der Waals surface area contributed by atoms with Gasteiger partial charge in [-0.05, 0) is 31.6 Å². The molecule has 0 bridgehead atoms. The third kappa shape index (κ3) is 3.40. The van der Waals surface area contributed by atoms with E-state index in [9.17, 15) is 8.78 Å². The molecule has 0 spiro atoms. The number of hydrogen-bond donors (Lipinski definition) is 0. The molecule has 0 aromatic rings. The molecule has 2 rings (SSSR count). The molecule has 0 aromatic heterocycles. The van der Waals surface area contributed by atoms with Crippen molar-refractivity contribution in [2.75, 3.05) is 13.1 Å². The van der Waals surface area contributed by atoms with E-state index in [0.29, 0.717) is 6.04 Å². The third-order valence-electron chi connectivity index (χ3n) is 3.37. The van der Waals surface area contributed by atoms with Gasteiger partial charge in [0.2, 0.25) is 0 Å². The van der Waals surface area contributed by atoms with Crippen molar-refractivity contribution >= 4 is 0 Å². The average Bonchev–Trinajstić information content (AvgIpc) is 2.18. The highest BCUT2D eigenvalue weighted by Crippen LogP contribution is 2.34. The maximum Gasteiger partial charge on any atom is 0.272 e. The Labute approximate surface area is 91.8 Å². The molecule has 0 unspecified atom stereocenters. The first-order chi connectivity index (χ1) is 7.07. The fourth-order valence-corrected chi connectivity index (χ4v) is 2.41. The van der Waals surface area contributed by atoms with Crippen LogP contribution in [0.4, 0.5) is 8.78 Å². The molecule has 1 aliphatic heterocycles. The van der Waals surface area contributed by atoms with Gasteiger partial charge in [-0.3, -0.25) is 4.90 Å². The zero-order chi connectivity index (χ0) is 11.5. The van der Waals surface area contributed by atoms with E-state index in [2.05, 4.69) is 6.92 Å². The summed E-state index contributed by atoms with van der Waals surface area (Å²) in [5, 5.41) is 0. The smallest absolute Gasteiger partial charge is 0.272 e. The largest absolute Gasteiger partial charge is 0.288 e. The molecule has 3 heteroatoms. The van der Waals surface area contributed by atoms with Crippen molar-refractivity contribution in [2.45, 2.75) is 58.4 Å². The van der Waals surface area contributed by atoms with Gasteiger partial charge in [-0.1, -0.05) is 20.8 Å². The van der Waals surface area contributed by atoms with Crippen molar-refractivity contribution in [3.8, 4) is 0 Å². The highest BCUT2D eigenvalue weighted by atomic mass is 19.3. The molecule has 0 atom stereocenters. The summed E-state index contributed by atoms with van der Waals surface area (Å²) in [4.78, 5) is 1.95. The summed E-state index contributed by atoms with van der Waals surface area (Å²) < 4.78 is 25.2. The summed E-state index contributed by atoms with van der Waals surface area (Å²) in [6.45, 7) is 6.26. The van der Waals surface area contributed by atoms with Crippen LogP contribution in [0.25, 0.3) is 0 Å². The number of alkyl halides is 2. The van der Waals surface area contributed by atoms with Crippen molar-refractivity contribution in [3.05, 3.63) is 0 Å². The number of halogens is 2. The fourth-order valence-electron chi connectivity index (χ4n) is 2.41. The van der Waals surface area contributed by atoms with E-state index in [4.69, 9.17) is 0 Å². The molecule has 0 amide bonds. The van der Waals surface area contributed by atoms with Crippen LogP contribution in [0, 0.1) is 5.92 Å². The van der Waals surface area contributed by atoms with Gasteiger partial charge in [0.25, 0.3) is 5.92 Å². The number of likely N-dealkylation sites (tertiary alicyclic amines) is 1. The molecule has 1 nitrogen and oxygen atoms in total. The van der Waals surface area contributed by atoms with Gasteiger partial charge in [-0.2, -0.15) is 0 Å². The van der Waals surface area contributed by atoms with Gasteiger partial charge >= 0.3 is 0 Å². The number of hydrogen-bond acceptors (Lipinski definition) is 1. The highest BCUT2D eigenvalue weighted by Gasteiger charge is 2.46. The first kappa shape index (κ1) is 12.9. The second-order valence-electron chi connectivity index (χ2n) is 4.67. The number of nitrogens with zero attached hydrogens (tertiary/aromatic N) is 1. The van der Waals surface area contributed by atoms with E-state index in [1.54, 1.807) is 0 Å². The Bertz CT molecular complexity index is 178. The summed E-state index contributed by atoms with van der Waals surface area (Å²) in [6.07, 6.45) is 4.67. The molecule has 0 radical (unpaired) electrons. The molecule has 2 fully saturated rings. The predicted octanol–water partition coefficient (Wildman–Crippen LogP) is 3.54. The Morgan fingerprint density at radius 1 is 1.00 bits per heavy atom. The topological polar surface area (TPSA) is 3.24 Å². The maximum atomic E-state index is 12.6. The van der Waals surface area contributed by atoms with E-state index < -0.39 is 5.92 Å². The minimum atomic E-state index is -2.39. The normalized spacial score (nSPS) is 35.0. The van der Waals surface area contributed by atoms with E-state index >= 15 is 0 Å². The molecular weight excluding hydrogens is 196 g/mol. The zero-order valence-corrected chi connectivity index (χ0v) is 10.1. The Morgan fingerprint density at radius 3 is 1.87 bits per heavy atom. The Kier molecular flexibility index (Phi) is 4.50. The second-order valence-corrected chi connectivity index (χ2v) is 4.67. The van der Waals surface area contributed by atoms with Gasteiger partial charge in [-0.15, -0.1) is 0 Å². The van der Waals surface area contributed by atoms with Crippen LogP contribution in [-0.4, -0.2) is 30.0 Å². The molecule has 15 heavy (non-hydrogen) atoms. The highest BCUT2D eigenvalue weighted by molar-refractivity contribution is 4.92. The van der Waals surface area contributed by atoms with Crippen molar-refractivity contribution in [2.24, 2.45) is 5.92 Å². The summed E-state index contributed by atoms with van der Waals surface area (Å²) in [6, 6.07) is 0.454. The number of rotatable bonds is 1. The molecule has 2 aliphatic rings. The van der Waals surface area contributed by atoms with Crippen LogP contribution in [0.15, 0.2) is 0 Å². The van der Waals surface area contributed by atoms with E-state index in [1.807, 2.05) is 18.7 Å². The van der Waals surface area contributed by atoms with Crippen molar-refractivity contribution in [1.29, 1.82) is 0 Å². The van der Waals surface area contributed by atoms with Crippen molar-refractivity contribution in [3.63, 3.8) is 0 Å². The first-order valence-corrected chi connectivity index (χ1v) is 6.19.